The summed E-state index contributed by atoms with van der Waals surface area (Å²) in [7, 11) is 0. The van der Waals surface area contributed by atoms with Gasteiger partial charge in [-0.1, -0.05) is 60.0 Å². The Morgan fingerprint density at radius 3 is 2.43 bits per heavy atom. The van der Waals surface area contributed by atoms with E-state index in [-0.39, 0.29) is 5.78 Å². The van der Waals surface area contributed by atoms with E-state index >= 15 is 0 Å². The Bertz CT molecular complexity index is 561. The monoisotopic (exact) mass is 386 g/mol. The van der Waals surface area contributed by atoms with Gasteiger partial charge in [-0.05, 0) is 97.9 Å². The van der Waals surface area contributed by atoms with Crippen molar-refractivity contribution in [1.82, 2.24) is 0 Å². The highest BCUT2D eigenvalue weighted by molar-refractivity contribution is 5.88. The van der Waals surface area contributed by atoms with Gasteiger partial charge in [0.15, 0.2) is 5.78 Å². The molecule has 0 bridgehead atoms. The lowest BCUT2D eigenvalue weighted by molar-refractivity contribution is -0.114. The molecular formula is C27H46O. The molecule has 5 unspecified atom stereocenters. The molecule has 0 aliphatic heterocycles. The summed E-state index contributed by atoms with van der Waals surface area (Å²) in [5.74, 6) is 2.97. The summed E-state index contributed by atoms with van der Waals surface area (Å²) in [5, 5.41) is 0. The fraction of sp³-hybridized carbons (Fsp3) is 0.889. The maximum absolute atomic E-state index is 11.6. The fourth-order valence-electron chi connectivity index (χ4n) is 7.59. The largest absolute Gasteiger partial charge is 0.295 e. The third-order valence-electron chi connectivity index (χ3n) is 10.1. The van der Waals surface area contributed by atoms with Crippen LogP contribution in [0.25, 0.3) is 0 Å². The van der Waals surface area contributed by atoms with Crippen LogP contribution in [-0.2, 0) is 4.79 Å². The SMILES string of the molecule is C=CC(=O)CCCC1CCC2C(CCC3(C)CCCCC3(C)C)CCCC12C. The molecule has 0 amide bonds. The van der Waals surface area contributed by atoms with Gasteiger partial charge >= 0.3 is 0 Å². The van der Waals surface area contributed by atoms with Crippen LogP contribution in [0.4, 0.5) is 0 Å². The molecule has 0 radical (unpaired) electrons. The first kappa shape index (κ1) is 22.1. The molecule has 3 saturated carbocycles. The molecule has 3 rings (SSSR count). The molecule has 28 heavy (non-hydrogen) atoms. The minimum atomic E-state index is 0.226. The Kier molecular flexibility index (Phi) is 6.83. The lowest BCUT2D eigenvalue weighted by atomic mass is 9.55. The van der Waals surface area contributed by atoms with E-state index in [1.807, 2.05) is 0 Å². The van der Waals surface area contributed by atoms with Crippen molar-refractivity contribution in [2.45, 2.75) is 118 Å². The maximum Gasteiger partial charge on any atom is 0.155 e. The van der Waals surface area contributed by atoms with E-state index in [4.69, 9.17) is 0 Å². The number of carbonyl (C=O) groups is 1. The van der Waals surface area contributed by atoms with Crippen molar-refractivity contribution in [1.29, 1.82) is 0 Å². The second-order valence-electron chi connectivity index (χ2n) is 11.8. The van der Waals surface area contributed by atoms with E-state index in [2.05, 4.69) is 34.3 Å². The highest BCUT2D eigenvalue weighted by atomic mass is 16.1. The zero-order valence-electron chi connectivity index (χ0n) is 19.3. The van der Waals surface area contributed by atoms with Crippen molar-refractivity contribution in [3.8, 4) is 0 Å². The van der Waals surface area contributed by atoms with Crippen LogP contribution in [0.2, 0.25) is 0 Å². The second kappa shape index (κ2) is 8.65. The minimum Gasteiger partial charge on any atom is -0.295 e. The fourth-order valence-corrected chi connectivity index (χ4v) is 7.59. The average molecular weight is 387 g/mol. The number of hydrogen-bond acceptors (Lipinski definition) is 1. The molecule has 0 aromatic carbocycles. The van der Waals surface area contributed by atoms with Crippen molar-refractivity contribution >= 4 is 5.78 Å². The van der Waals surface area contributed by atoms with Gasteiger partial charge in [0, 0.05) is 6.42 Å². The summed E-state index contributed by atoms with van der Waals surface area (Å²) in [6.07, 6.45) is 20.3. The summed E-state index contributed by atoms with van der Waals surface area (Å²) in [5.41, 5.74) is 1.60. The number of hydrogen-bond donors (Lipinski definition) is 0. The zero-order chi connectivity index (χ0) is 20.4. The summed E-state index contributed by atoms with van der Waals surface area (Å²) >= 11 is 0. The van der Waals surface area contributed by atoms with Gasteiger partial charge in [-0.2, -0.15) is 0 Å². The van der Waals surface area contributed by atoms with Crippen molar-refractivity contribution in [2.75, 3.05) is 0 Å². The molecule has 0 saturated heterocycles. The van der Waals surface area contributed by atoms with Crippen LogP contribution < -0.4 is 0 Å². The highest BCUT2D eigenvalue weighted by Gasteiger charge is 2.51. The Hall–Kier alpha value is -0.590. The first-order valence-corrected chi connectivity index (χ1v) is 12.4. The lowest BCUT2D eigenvalue weighted by Crippen LogP contribution is -2.40. The molecule has 5 atom stereocenters. The van der Waals surface area contributed by atoms with E-state index in [0.717, 1.165) is 24.2 Å². The summed E-state index contributed by atoms with van der Waals surface area (Å²) in [6.45, 7) is 13.9. The molecular weight excluding hydrogens is 340 g/mol. The Morgan fingerprint density at radius 1 is 0.964 bits per heavy atom. The van der Waals surface area contributed by atoms with E-state index in [9.17, 15) is 4.79 Å². The van der Waals surface area contributed by atoms with Crippen LogP contribution in [-0.4, -0.2) is 5.78 Å². The van der Waals surface area contributed by atoms with Gasteiger partial charge in [0.25, 0.3) is 0 Å². The standard InChI is InChI=1S/C27H46O/c1-6-23(28)13-9-12-22-14-15-24-21(11-10-19-27(22,24)5)16-20-26(4)18-8-7-17-25(26,2)3/h6,21-22,24H,1,7-20H2,2-5H3. The number of carbonyl (C=O) groups excluding carboxylic acids is 1. The van der Waals surface area contributed by atoms with Crippen LogP contribution in [0.15, 0.2) is 12.7 Å². The molecule has 1 heteroatoms. The van der Waals surface area contributed by atoms with Gasteiger partial charge in [0.2, 0.25) is 0 Å². The Labute approximate surface area is 175 Å². The van der Waals surface area contributed by atoms with Crippen molar-refractivity contribution in [3.63, 3.8) is 0 Å². The number of fused-ring (bicyclic) bond motifs is 1. The minimum absolute atomic E-state index is 0.226. The van der Waals surface area contributed by atoms with Crippen molar-refractivity contribution < 1.29 is 4.79 Å². The van der Waals surface area contributed by atoms with Gasteiger partial charge in [-0.15, -0.1) is 0 Å². The third-order valence-corrected chi connectivity index (χ3v) is 10.1. The summed E-state index contributed by atoms with van der Waals surface area (Å²) in [4.78, 5) is 11.6. The van der Waals surface area contributed by atoms with Gasteiger partial charge in [0.05, 0.1) is 0 Å². The smallest absolute Gasteiger partial charge is 0.155 e. The molecule has 3 fully saturated rings. The molecule has 0 N–H and O–H groups in total. The average Bonchev–Trinajstić information content (AvgIpc) is 2.99. The van der Waals surface area contributed by atoms with Gasteiger partial charge < -0.3 is 0 Å². The molecule has 3 aliphatic rings. The number of allylic oxidation sites excluding steroid dienone is 1. The highest BCUT2D eigenvalue weighted by Crippen LogP contribution is 2.61. The molecule has 0 spiro atoms. The van der Waals surface area contributed by atoms with Crippen LogP contribution >= 0.6 is 0 Å². The van der Waals surface area contributed by atoms with E-state index < -0.39 is 0 Å². The third kappa shape index (κ3) is 4.29. The summed E-state index contributed by atoms with van der Waals surface area (Å²) in [6, 6.07) is 0. The van der Waals surface area contributed by atoms with Gasteiger partial charge in [-0.25, -0.2) is 0 Å². The zero-order valence-corrected chi connectivity index (χ0v) is 19.3. The summed E-state index contributed by atoms with van der Waals surface area (Å²) < 4.78 is 0. The van der Waals surface area contributed by atoms with Crippen LogP contribution in [0, 0.1) is 34.0 Å². The van der Waals surface area contributed by atoms with E-state index in [1.54, 1.807) is 0 Å². The van der Waals surface area contributed by atoms with Crippen LogP contribution in [0.1, 0.15) is 118 Å². The molecule has 160 valence electrons. The Morgan fingerprint density at radius 2 is 1.71 bits per heavy atom. The van der Waals surface area contributed by atoms with E-state index in [0.29, 0.717) is 22.7 Å². The van der Waals surface area contributed by atoms with Gasteiger partial charge in [-0.3, -0.25) is 4.79 Å². The number of rotatable bonds is 8. The maximum atomic E-state index is 11.6. The molecule has 1 nitrogen and oxygen atoms in total. The predicted octanol–water partition coefficient (Wildman–Crippen LogP) is 8.13. The van der Waals surface area contributed by atoms with Crippen molar-refractivity contribution in [3.05, 3.63) is 12.7 Å². The molecule has 0 heterocycles. The lowest BCUT2D eigenvalue weighted by Gasteiger charge is -2.50. The Balaban J connectivity index is 1.59. The first-order chi connectivity index (χ1) is 13.2. The second-order valence-corrected chi connectivity index (χ2v) is 11.8. The predicted molar refractivity (Wildman–Crippen MR) is 120 cm³/mol. The van der Waals surface area contributed by atoms with Crippen LogP contribution in [0.5, 0.6) is 0 Å². The quantitative estimate of drug-likeness (QED) is 0.385. The van der Waals surface area contributed by atoms with Gasteiger partial charge in [0.1, 0.15) is 0 Å². The topological polar surface area (TPSA) is 17.1 Å². The van der Waals surface area contributed by atoms with E-state index in [1.165, 1.54) is 83.1 Å². The molecule has 0 aromatic rings. The van der Waals surface area contributed by atoms with Crippen LogP contribution in [0.3, 0.4) is 0 Å². The first-order valence-electron chi connectivity index (χ1n) is 12.4. The normalized spacial score (nSPS) is 40.1. The molecule has 3 aliphatic carbocycles. The van der Waals surface area contributed by atoms with Crippen molar-refractivity contribution in [2.24, 2.45) is 34.0 Å². The number of ketones is 1. The molecule has 0 aromatic heterocycles.